The number of ether oxygens (including phenoxy) is 2. The zero-order chi connectivity index (χ0) is 18.1. The smallest absolute Gasteiger partial charge is 0.193 e. The number of nitrogens with one attached hydrogen (secondary N) is 1. The largest absolute Gasteiger partial charge is 0.493 e. The number of rotatable bonds is 8. The monoisotopic (exact) mass is 348 g/mol. The first-order chi connectivity index (χ1) is 12.1. The molecule has 6 heteroatoms. The third-order valence-electron chi connectivity index (χ3n) is 4.81. The van der Waals surface area contributed by atoms with Crippen LogP contribution >= 0.6 is 0 Å². The fourth-order valence-electron chi connectivity index (χ4n) is 3.33. The number of nitrogens with zero attached hydrogens (tertiary/aromatic N) is 2. The van der Waals surface area contributed by atoms with Crippen LogP contribution in [0.1, 0.15) is 38.5 Å². The van der Waals surface area contributed by atoms with E-state index in [1.807, 2.05) is 18.2 Å². The van der Waals surface area contributed by atoms with Gasteiger partial charge in [0.05, 0.1) is 14.2 Å². The Kier molecular flexibility index (Phi) is 7.85. The van der Waals surface area contributed by atoms with Gasteiger partial charge in [-0.3, -0.25) is 4.99 Å². The van der Waals surface area contributed by atoms with Crippen LogP contribution in [0.3, 0.4) is 0 Å². The van der Waals surface area contributed by atoms with Crippen LogP contribution in [0.5, 0.6) is 11.5 Å². The van der Waals surface area contributed by atoms with Gasteiger partial charge in [0, 0.05) is 24.3 Å². The summed E-state index contributed by atoms with van der Waals surface area (Å²) in [5.41, 5.74) is 6.81. The third kappa shape index (κ3) is 6.12. The molecule has 0 heterocycles. The summed E-state index contributed by atoms with van der Waals surface area (Å²) in [5, 5.41) is 3.10. The Labute approximate surface area is 151 Å². The molecule has 1 aromatic carbocycles. The van der Waals surface area contributed by atoms with E-state index >= 15 is 0 Å². The average Bonchev–Trinajstić information content (AvgIpc) is 2.65. The molecule has 0 radical (unpaired) electrons. The normalized spacial score (nSPS) is 16.1. The predicted octanol–water partition coefficient (Wildman–Crippen LogP) is 3.09. The van der Waals surface area contributed by atoms with Crippen molar-refractivity contribution in [3.8, 4) is 11.5 Å². The lowest BCUT2D eigenvalue weighted by molar-refractivity contribution is 0.191. The van der Waals surface area contributed by atoms with Crippen LogP contribution in [0.2, 0.25) is 0 Å². The number of hydrogen-bond acceptors (Lipinski definition) is 4. The zero-order valence-electron chi connectivity index (χ0n) is 15.8. The molecule has 0 saturated heterocycles. The minimum absolute atomic E-state index is 0.424. The number of benzene rings is 1. The van der Waals surface area contributed by atoms with E-state index in [-0.39, 0.29) is 0 Å². The summed E-state index contributed by atoms with van der Waals surface area (Å²) in [6.07, 6.45) is 7.82. The molecule has 1 fully saturated rings. The van der Waals surface area contributed by atoms with E-state index in [4.69, 9.17) is 15.2 Å². The van der Waals surface area contributed by atoms with Crippen molar-refractivity contribution < 1.29 is 9.47 Å². The van der Waals surface area contributed by atoms with Crippen LogP contribution < -0.4 is 20.5 Å². The highest BCUT2D eigenvalue weighted by Crippen LogP contribution is 2.29. The topological polar surface area (TPSA) is 72.1 Å². The summed E-state index contributed by atoms with van der Waals surface area (Å²) < 4.78 is 10.5. The molecule has 2 rings (SSSR count). The molecule has 1 saturated carbocycles. The van der Waals surface area contributed by atoms with Crippen LogP contribution in [0.15, 0.2) is 23.2 Å². The van der Waals surface area contributed by atoms with Crippen molar-refractivity contribution in [1.82, 2.24) is 4.90 Å². The lowest BCUT2D eigenvalue weighted by atomic mass is 9.94. The Morgan fingerprint density at radius 1 is 1.20 bits per heavy atom. The molecule has 140 valence electrons. The molecule has 6 nitrogen and oxygen atoms in total. The first-order valence-corrected chi connectivity index (χ1v) is 9.13. The molecular weight excluding hydrogens is 316 g/mol. The van der Waals surface area contributed by atoms with Crippen LogP contribution in [0, 0.1) is 0 Å². The number of aliphatic imine (C=N–C) groups is 1. The van der Waals surface area contributed by atoms with Crippen molar-refractivity contribution in [2.24, 2.45) is 10.7 Å². The van der Waals surface area contributed by atoms with Crippen LogP contribution in [-0.4, -0.2) is 51.3 Å². The second-order valence-electron chi connectivity index (χ2n) is 6.59. The van der Waals surface area contributed by atoms with Gasteiger partial charge in [-0.1, -0.05) is 19.3 Å². The van der Waals surface area contributed by atoms with E-state index in [0.29, 0.717) is 17.5 Å². The van der Waals surface area contributed by atoms with Crippen molar-refractivity contribution in [2.75, 3.05) is 39.7 Å². The van der Waals surface area contributed by atoms with Gasteiger partial charge in [0.25, 0.3) is 0 Å². The predicted molar refractivity (Wildman–Crippen MR) is 104 cm³/mol. The van der Waals surface area contributed by atoms with Gasteiger partial charge >= 0.3 is 0 Å². The number of hydrogen-bond donors (Lipinski definition) is 2. The molecule has 0 aliphatic heterocycles. The van der Waals surface area contributed by atoms with Gasteiger partial charge in [-0.2, -0.15) is 0 Å². The molecule has 25 heavy (non-hydrogen) atoms. The van der Waals surface area contributed by atoms with Crippen LogP contribution in [-0.2, 0) is 0 Å². The molecule has 1 aliphatic rings. The lowest BCUT2D eigenvalue weighted by Crippen LogP contribution is -2.34. The molecule has 1 aliphatic carbocycles. The number of anilines is 1. The van der Waals surface area contributed by atoms with E-state index in [9.17, 15) is 0 Å². The van der Waals surface area contributed by atoms with E-state index < -0.39 is 0 Å². The van der Waals surface area contributed by atoms with Crippen molar-refractivity contribution >= 4 is 11.6 Å². The fourth-order valence-corrected chi connectivity index (χ4v) is 3.33. The quantitative estimate of drug-likeness (QED) is 0.429. The molecule has 0 bridgehead atoms. The highest BCUT2D eigenvalue weighted by Gasteiger charge is 2.17. The molecule has 0 atom stereocenters. The number of guanidine groups is 1. The van der Waals surface area contributed by atoms with E-state index in [2.05, 4.69) is 22.3 Å². The number of methoxy groups -OCH3 is 2. The molecular formula is C19H32N4O2. The van der Waals surface area contributed by atoms with Crippen molar-refractivity contribution in [3.05, 3.63) is 18.2 Å². The highest BCUT2D eigenvalue weighted by atomic mass is 16.5. The summed E-state index contributed by atoms with van der Waals surface area (Å²) in [6.45, 7) is 1.79. The highest BCUT2D eigenvalue weighted by molar-refractivity contribution is 5.92. The van der Waals surface area contributed by atoms with Gasteiger partial charge in [0.2, 0.25) is 0 Å². The number of nitrogens with two attached hydrogens (primary N) is 1. The Morgan fingerprint density at radius 2 is 1.92 bits per heavy atom. The standard InChI is InChI=1S/C19H32N4O2/c1-23(16-8-5-4-6-9-16)13-7-12-21-19(20)22-15-10-11-17(24-2)18(14-15)25-3/h10-11,14,16H,4-9,12-13H2,1-3H3,(H3,20,21,22). The van der Waals surface area contributed by atoms with Crippen LogP contribution in [0.25, 0.3) is 0 Å². The molecule has 3 N–H and O–H groups in total. The Bertz CT molecular complexity index is 556. The maximum absolute atomic E-state index is 5.98. The fraction of sp³-hybridized carbons (Fsp3) is 0.632. The van der Waals surface area contributed by atoms with Gasteiger partial charge in [-0.25, -0.2) is 0 Å². The van der Waals surface area contributed by atoms with Crippen LogP contribution in [0.4, 0.5) is 5.69 Å². The van der Waals surface area contributed by atoms with E-state index in [1.54, 1.807) is 14.2 Å². The molecule has 1 aromatic rings. The SMILES string of the molecule is COc1ccc(NC(N)=NCCCN(C)C2CCCCC2)cc1OC. The first-order valence-electron chi connectivity index (χ1n) is 9.13. The third-order valence-corrected chi connectivity index (χ3v) is 4.81. The summed E-state index contributed by atoms with van der Waals surface area (Å²) in [5.74, 6) is 1.77. The van der Waals surface area contributed by atoms with Crippen molar-refractivity contribution in [1.29, 1.82) is 0 Å². The maximum atomic E-state index is 5.98. The lowest BCUT2D eigenvalue weighted by Gasteiger charge is -2.30. The second kappa shape index (κ2) is 10.1. The molecule has 0 unspecified atom stereocenters. The minimum Gasteiger partial charge on any atom is -0.493 e. The summed E-state index contributed by atoms with van der Waals surface area (Å²) in [4.78, 5) is 6.90. The maximum Gasteiger partial charge on any atom is 0.193 e. The van der Waals surface area contributed by atoms with Gasteiger partial charge < -0.3 is 25.4 Å². The zero-order valence-corrected chi connectivity index (χ0v) is 15.8. The Hall–Kier alpha value is -1.95. The molecule has 0 aromatic heterocycles. The first kappa shape index (κ1) is 19.4. The van der Waals surface area contributed by atoms with Gasteiger partial charge in [0.1, 0.15) is 0 Å². The Morgan fingerprint density at radius 3 is 2.60 bits per heavy atom. The summed E-state index contributed by atoms with van der Waals surface area (Å²) in [6, 6.07) is 6.33. The second-order valence-corrected chi connectivity index (χ2v) is 6.59. The average molecular weight is 348 g/mol. The molecule has 0 amide bonds. The van der Waals surface area contributed by atoms with E-state index in [0.717, 1.165) is 31.2 Å². The van der Waals surface area contributed by atoms with Crippen molar-refractivity contribution in [2.45, 2.75) is 44.6 Å². The minimum atomic E-state index is 0.424. The van der Waals surface area contributed by atoms with E-state index in [1.165, 1.54) is 32.1 Å². The van der Waals surface area contributed by atoms with Crippen molar-refractivity contribution in [3.63, 3.8) is 0 Å². The van der Waals surface area contributed by atoms with Gasteiger partial charge in [-0.15, -0.1) is 0 Å². The molecule has 0 spiro atoms. The summed E-state index contributed by atoms with van der Waals surface area (Å²) >= 11 is 0. The van der Waals surface area contributed by atoms with Gasteiger partial charge in [-0.05, 0) is 45.0 Å². The summed E-state index contributed by atoms with van der Waals surface area (Å²) in [7, 11) is 5.46. The Balaban J connectivity index is 1.75. The van der Waals surface area contributed by atoms with Gasteiger partial charge in [0.15, 0.2) is 17.5 Å².